The number of carbonyl (C=O) groups is 1. The van der Waals surface area contributed by atoms with E-state index < -0.39 is 0 Å². The summed E-state index contributed by atoms with van der Waals surface area (Å²) in [6.45, 7) is 3.70. The van der Waals surface area contributed by atoms with Crippen LogP contribution < -0.4 is 0 Å². The normalized spacial score (nSPS) is 10.5. The van der Waals surface area contributed by atoms with Crippen LogP contribution in [0, 0.1) is 0 Å². The molecule has 2 aromatic rings. The molecule has 0 bridgehead atoms. The molecule has 0 saturated carbocycles. The standard InChI is InChI=1S/C17H19NO/c1-2-3-4-5-6-11-16(19)17-15-10-8-7-9-14(15)12-13-18-17/h2,7-10,12-13H,1,3-6,11H2. The molecule has 0 spiro atoms. The van der Waals surface area contributed by atoms with E-state index in [9.17, 15) is 4.79 Å². The molecule has 0 aliphatic carbocycles. The van der Waals surface area contributed by atoms with Crippen LogP contribution in [0.2, 0.25) is 0 Å². The van der Waals surface area contributed by atoms with Crippen LogP contribution in [0.25, 0.3) is 10.8 Å². The predicted molar refractivity (Wildman–Crippen MR) is 79.4 cm³/mol. The first-order valence-corrected chi connectivity index (χ1v) is 6.81. The van der Waals surface area contributed by atoms with Gasteiger partial charge in [0.2, 0.25) is 0 Å². The SMILES string of the molecule is C=CCCCCCC(=O)c1nccc2ccccc12. The van der Waals surface area contributed by atoms with E-state index in [0.717, 1.165) is 36.5 Å². The zero-order valence-corrected chi connectivity index (χ0v) is 11.1. The van der Waals surface area contributed by atoms with Gasteiger partial charge in [0.05, 0.1) is 0 Å². The summed E-state index contributed by atoms with van der Waals surface area (Å²) in [7, 11) is 0. The number of pyridine rings is 1. The number of hydrogen-bond donors (Lipinski definition) is 0. The Labute approximate surface area is 114 Å². The monoisotopic (exact) mass is 253 g/mol. The summed E-state index contributed by atoms with van der Waals surface area (Å²) in [5.74, 6) is 0.149. The minimum absolute atomic E-state index is 0.149. The summed E-state index contributed by atoms with van der Waals surface area (Å²) < 4.78 is 0. The van der Waals surface area contributed by atoms with Crippen LogP contribution in [0.1, 0.15) is 42.6 Å². The van der Waals surface area contributed by atoms with Gasteiger partial charge in [-0.05, 0) is 30.7 Å². The molecule has 1 heterocycles. The highest BCUT2D eigenvalue weighted by molar-refractivity contribution is 6.06. The van der Waals surface area contributed by atoms with Crippen LogP contribution in [0.15, 0.2) is 49.2 Å². The fourth-order valence-corrected chi connectivity index (χ4v) is 2.21. The maximum Gasteiger partial charge on any atom is 0.181 e. The highest BCUT2D eigenvalue weighted by atomic mass is 16.1. The average molecular weight is 253 g/mol. The summed E-state index contributed by atoms with van der Waals surface area (Å²) in [6.07, 6.45) is 8.36. The molecule has 0 aliphatic heterocycles. The topological polar surface area (TPSA) is 30.0 Å². The number of benzene rings is 1. The number of ketones is 1. The highest BCUT2D eigenvalue weighted by Gasteiger charge is 2.10. The van der Waals surface area contributed by atoms with E-state index in [1.54, 1.807) is 6.20 Å². The maximum absolute atomic E-state index is 12.2. The van der Waals surface area contributed by atoms with Gasteiger partial charge in [-0.1, -0.05) is 36.8 Å². The van der Waals surface area contributed by atoms with Gasteiger partial charge >= 0.3 is 0 Å². The van der Waals surface area contributed by atoms with Gasteiger partial charge in [0.25, 0.3) is 0 Å². The second-order valence-electron chi connectivity index (χ2n) is 4.69. The van der Waals surface area contributed by atoms with Crippen molar-refractivity contribution in [2.24, 2.45) is 0 Å². The Hall–Kier alpha value is -1.96. The number of allylic oxidation sites excluding steroid dienone is 1. The van der Waals surface area contributed by atoms with Crippen LogP contribution in [-0.2, 0) is 0 Å². The van der Waals surface area contributed by atoms with Crippen molar-refractivity contribution in [1.82, 2.24) is 4.98 Å². The molecule has 1 aromatic heterocycles. The lowest BCUT2D eigenvalue weighted by molar-refractivity contribution is 0.0976. The van der Waals surface area contributed by atoms with Crippen molar-refractivity contribution in [3.05, 3.63) is 54.9 Å². The number of aromatic nitrogens is 1. The summed E-state index contributed by atoms with van der Waals surface area (Å²) in [5.41, 5.74) is 0.613. The van der Waals surface area contributed by atoms with E-state index in [1.165, 1.54) is 0 Å². The van der Waals surface area contributed by atoms with Crippen molar-refractivity contribution in [2.45, 2.75) is 32.1 Å². The molecule has 0 N–H and O–H groups in total. The van der Waals surface area contributed by atoms with Crippen molar-refractivity contribution < 1.29 is 4.79 Å². The van der Waals surface area contributed by atoms with Crippen molar-refractivity contribution >= 4 is 16.6 Å². The van der Waals surface area contributed by atoms with Crippen molar-refractivity contribution in [3.63, 3.8) is 0 Å². The molecule has 2 heteroatoms. The van der Waals surface area contributed by atoms with Gasteiger partial charge in [-0.15, -0.1) is 6.58 Å². The molecule has 0 atom stereocenters. The third kappa shape index (κ3) is 3.50. The molecule has 0 aliphatic rings. The fraction of sp³-hybridized carbons (Fsp3) is 0.294. The molecule has 2 rings (SSSR count). The Morgan fingerprint density at radius 2 is 2.00 bits per heavy atom. The first kappa shape index (κ1) is 13.5. The quantitative estimate of drug-likeness (QED) is 0.411. The lowest BCUT2D eigenvalue weighted by Crippen LogP contribution is -2.02. The Kier molecular flexibility index (Phi) is 4.85. The average Bonchev–Trinajstić information content (AvgIpc) is 2.46. The number of unbranched alkanes of at least 4 members (excludes halogenated alkanes) is 3. The Balaban J connectivity index is 2.03. The van der Waals surface area contributed by atoms with Crippen LogP contribution >= 0.6 is 0 Å². The molecule has 0 fully saturated rings. The van der Waals surface area contributed by atoms with Crippen molar-refractivity contribution in [2.75, 3.05) is 0 Å². The predicted octanol–water partition coefficient (Wildman–Crippen LogP) is 4.55. The molecule has 0 amide bonds. The van der Waals surface area contributed by atoms with Gasteiger partial charge in [-0.25, -0.2) is 0 Å². The molecule has 0 unspecified atom stereocenters. The van der Waals surface area contributed by atoms with Crippen LogP contribution in [0.5, 0.6) is 0 Å². The summed E-state index contributed by atoms with van der Waals surface area (Å²) >= 11 is 0. The molecular formula is C17H19NO. The van der Waals surface area contributed by atoms with E-state index in [0.29, 0.717) is 12.1 Å². The van der Waals surface area contributed by atoms with Gasteiger partial charge in [0.15, 0.2) is 5.78 Å². The minimum atomic E-state index is 0.149. The summed E-state index contributed by atoms with van der Waals surface area (Å²) in [6, 6.07) is 9.85. The van der Waals surface area contributed by atoms with Gasteiger partial charge in [0, 0.05) is 18.0 Å². The van der Waals surface area contributed by atoms with Gasteiger partial charge in [-0.3, -0.25) is 9.78 Å². The first-order valence-electron chi connectivity index (χ1n) is 6.81. The maximum atomic E-state index is 12.2. The fourth-order valence-electron chi connectivity index (χ4n) is 2.21. The van der Waals surface area contributed by atoms with E-state index in [1.807, 2.05) is 36.4 Å². The number of rotatable bonds is 7. The van der Waals surface area contributed by atoms with E-state index in [-0.39, 0.29) is 5.78 Å². The number of nitrogens with zero attached hydrogens (tertiary/aromatic N) is 1. The second kappa shape index (κ2) is 6.83. The number of hydrogen-bond acceptors (Lipinski definition) is 2. The zero-order chi connectivity index (χ0) is 13.5. The molecule has 1 aromatic carbocycles. The number of fused-ring (bicyclic) bond motifs is 1. The van der Waals surface area contributed by atoms with Crippen molar-refractivity contribution in [3.8, 4) is 0 Å². The third-order valence-corrected chi connectivity index (χ3v) is 3.25. The van der Waals surface area contributed by atoms with Gasteiger partial charge < -0.3 is 0 Å². The first-order chi connectivity index (χ1) is 9.33. The van der Waals surface area contributed by atoms with E-state index in [2.05, 4.69) is 11.6 Å². The van der Waals surface area contributed by atoms with E-state index >= 15 is 0 Å². The third-order valence-electron chi connectivity index (χ3n) is 3.25. The van der Waals surface area contributed by atoms with Crippen LogP contribution in [0.3, 0.4) is 0 Å². The lowest BCUT2D eigenvalue weighted by atomic mass is 10.0. The minimum Gasteiger partial charge on any atom is -0.292 e. The highest BCUT2D eigenvalue weighted by Crippen LogP contribution is 2.18. The zero-order valence-electron chi connectivity index (χ0n) is 11.1. The molecule has 0 radical (unpaired) electrons. The Morgan fingerprint density at radius 3 is 2.84 bits per heavy atom. The second-order valence-corrected chi connectivity index (χ2v) is 4.69. The molecule has 98 valence electrons. The number of carbonyl (C=O) groups excluding carboxylic acids is 1. The van der Waals surface area contributed by atoms with E-state index in [4.69, 9.17) is 0 Å². The Morgan fingerprint density at radius 1 is 1.16 bits per heavy atom. The van der Waals surface area contributed by atoms with Gasteiger partial charge in [-0.2, -0.15) is 0 Å². The summed E-state index contributed by atoms with van der Waals surface area (Å²) in [5, 5.41) is 2.04. The lowest BCUT2D eigenvalue weighted by Gasteiger charge is -2.04. The Bertz CT molecular complexity index is 569. The molecule has 19 heavy (non-hydrogen) atoms. The molecule has 2 nitrogen and oxygen atoms in total. The van der Waals surface area contributed by atoms with Crippen LogP contribution in [0.4, 0.5) is 0 Å². The molecular weight excluding hydrogens is 234 g/mol. The smallest absolute Gasteiger partial charge is 0.181 e. The van der Waals surface area contributed by atoms with Gasteiger partial charge in [0.1, 0.15) is 5.69 Å². The molecule has 0 saturated heterocycles. The van der Waals surface area contributed by atoms with Crippen LogP contribution in [-0.4, -0.2) is 10.8 Å². The summed E-state index contributed by atoms with van der Waals surface area (Å²) in [4.78, 5) is 16.5. The number of Topliss-reactive ketones (excluding diaryl/α,β-unsaturated/α-hetero) is 1. The van der Waals surface area contributed by atoms with Crippen molar-refractivity contribution in [1.29, 1.82) is 0 Å². The largest absolute Gasteiger partial charge is 0.292 e.